The van der Waals surface area contributed by atoms with Crippen molar-refractivity contribution in [3.8, 4) is 11.5 Å². The lowest BCUT2D eigenvalue weighted by atomic mass is 9.95. The summed E-state index contributed by atoms with van der Waals surface area (Å²) in [6, 6.07) is 19.4. The molecule has 0 aromatic heterocycles. The summed E-state index contributed by atoms with van der Waals surface area (Å²) in [6.45, 7) is 5.69. The molecule has 0 aliphatic rings. The third-order valence-electron chi connectivity index (χ3n) is 4.33. The number of phenols is 2. The molecule has 0 aliphatic heterocycles. The number of phenolic OH excluding ortho intramolecular Hbond substituents is 2. The van der Waals surface area contributed by atoms with Gasteiger partial charge in [-0.2, -0.15) is 0 Å². The molecular weight excluding hydrogens is 470 g/mol. The van der Waals surface area contributed by atoms with Gasteiger partial charge in [-0.05, 0) is 60.7 Å². The highest BCUT2D eigenvalue weighted by Gasteiger charge is 2.21. The lowest BCUT2D eigenvalue weighted by Gasteiger charge is -2.17. The van der Waals surface area contributed by atoms with Gasteiger partial charge in [0.1, 0.15) is 11.5 Å². The van der Waals surface area contributed by atoms with E-state index in [4.69, 9.17) is 10.8 Å². The van der Waals surface area contributed by atoms with Crippen molar-refractivity contribution in [3.63, 3.8) is 0 Å². The standard InChI is InChI=1S/C17H20N2OS.C8H9NO3S/c1-17(2,3)16(20)19-13-6-10-15(11-7-13)21-14-8-4-12(18)5-9-14;1-13-9-8(12)6-3-2-5(10)4-7(6)11/h4-11H,18H2,1-3H3,(H,19,20);2-4,10-11H,1H3,(H,9,12). The SMILES string of the molecule is CC(C)(C)C(=O)Nc1ccc(Sc2ccc(N)cc2)cc1.CSNC(=O)c1ccc(O)cc1O. The monoisotopic (exact) mass is 499 g/mol. The third kappa shape index (κ3) is 8.57. The largest absolute Gasteiger partial charge is 0.508 e. The summed E-state index contributed by atoms with van der Waals surface area (Å²) in [5, 5.41) is 21.1. The first-order chi connectivity index (χ1) is 16.0. The Morgan fingerprint density at radius 1 is 0.882 bits per heavy atom. The third-order valence-corrected chi connectivity index (χ3v) is 5.74. The Kier molecular flexibility index (Phi) is 9.70. The number of anilines is 2. The number of nitrogens with one attached hydrogen (secondary N) is 2. The Hall–Kier alpha value is -3.30. The van der Waals surface area contributed by atoms with Gasteiger partial charge in [0, 0.05) is 38.9 Å². The number of nitrogens with two attached hydrogens (primary N) is 1. The molecule has 0 heterocycles. The summed E-state index contributed by atoms with van der Waals surface area (Å²) in [4.78, 5) is 25.4. The number of aromatic hydroxyl groups is 2. The summed E-state index contributed by atoms with van der Waals surface area (Å²) in [5.74, 6) is -0.670. The summed E-state index contributed by atoms with van der Waals surface area (Å²) in [6.07, 6.45) is 1.70. The molecule has 9 heteroatoms. The topological polar surface area (TPSA) is 125 Å². The first-order valence-electron chi connectivity index (χ1n) is 10.3. The van der Waals surface area contributed by atoms with E-state index in [1.807, 2.05) is 69.3 Å². The van der Waals surface area contributed by atoms with Gasteiger partial charge in [0.15, 0.2) is 0 Å². The minimum absolute atomic E-state index is 0.0152. The van der Waals surface area contributed by atoms with E-state index >= 15 is 0 Å². The van der Waals surface area contributed by atoms with Crippen LogP contribution in [0, 0.1) is 5.41 Å². The average Bonchev–Trinajstić information content (AvgIpc) is 2.76. The van der Waals surface area contributed by atoms with Crippen molar-refractivity contribution in [2.75, 3.05) is 17.3 Å². The maximum absolute atomic E-state index is 11.9. The summed E-state index contributed by atoms with van der Waals surface area (Å²) in [7, 11) is 0. The molecular formula is C25H29N3O4S2. The number of rotatable bonds is 5. The molecule has 7 nitrogen and oxygen atoms in total. The number of carbonyl (C=O) groups is 2. The van der Waals surface area contributed by atoms with Crippen molar-refractivity contribution in [2.45, 2.75) is 30.6 Å². The maximum Gasteiger partial charge on any atom is 0.264 e. The van der Waals surface area contributed by atoms with Gasteiger partial charge >= 0.3 is 0 Å². The molecule has 34 heavy (non-hydrogen) atoms. The first kappa shape index (κ1) is 26.9. The van der Waals surface area contributed by atoms with E-state index in [0.717, 1.165) is 39.2 Å². The van der Waals surface area contributed by atoms with Gasteiger partial charge < -0.3 is 21.3 Å². The van der Waals surface area contributed by atoms with E-state index in [9.17, 15) is 14.7 Å². The molecule has 3 rings (SSSR count). The zero-order valence-electron chi connectivity index (χ0n) is 19.5. The lowest BCUT2D eigenvalue weighted by molar-refractivity contribution is -0.123. The van der Waals surface area contributed by atoms with Crippen LogP contribution < -0.4 is 15.8 Å². The van der Waals surface area contributed by atoms with E-state index in [-0.39, 0.29) is 28.9 Å². The van der Waals surface area contributed by atoms with Crippen LogP contribution in [0.5, 0.6) is 11.5 Å². The molecule has 0 spiro atoms. The van der Waals surface area contributed by atoms with Gasteiger partial charge in [-0.25, -0.2) is 0 Å². The number of nitrogen functional groups attached to an aromatic ring is 1. The minimum atomic E-state index is -0.391. The predicted molar refractivity (Wildman–Crippen MR) is 140 cm³/mol. The van der Waals surface area contributed by atoms with Gasteiger partial charge in [0.2, 0.25) is 5.91 Å². The Labute approximate surface area is 208 Å². The fraction of sp³-hybridized carbons (Fsp3) is 0.200. The molecule has 0 saturated carbocycles. The summed E-state index contributed by atoms with van der Waals surface area (Å²) < 4.78 is 2.46. The summed E-state index contributed by atoms with van der Waals surface area (Å²) in [5.41, 5.74) is 7.01. The average molecular weight is 500 g/mol. The van der Waals surface area contributed by atoms with E-state index < -0.39 is 5.41 Å². The molecule has 3 aromatic rings. The molecule has 3 aromatic carbocycles. The zero-order valence-corrected chi connectivity index (χ0v) is 21.1. The Bertz CT molecular complexity index is 1110. The van der Waals surface area contributed by atoms with Crippen molar-refractivity contribution < 1.29 is 19.8 Å². The second-order valence-corrected chi connectivity index (χ2v) is 10.00. The van der Waals surface area contributed by atoms with Crippen molar-refractivity contribution >= 4 is 46.9 Å². The molecule has 6 N–H and O–H groups in total. The molecule has 2 amide bonds. The van der Waals surface area contributed by atoms with Crippen LogP contribution in [0.1, 0.15) is 31.1 Å². The number of benzene rings is 3. The highest BCUT2D eigenvalue weighted by atomic mass is 32.2. The smallest absolute Gasteiger partial charge is 0.264 e. The minimum Gasteiger partial charge on any atom is -0.508 e. The van der Waals surface area contributed by atoms with Crippen LogP contribution in [0.25, 0.3) is 0 Å². The Balaban J connectivity index is 0.000000270. The van der Waals surface area contributed by atoms with Crippen LogP contribution in [-0.4, -0.2) is 28.3 Å². The molecule has 0 bridgehead atoms. The molecule has 180 valence electrons. The first-order valence-corrected chi connectivity index (χ1v) is 12.3. The number of hydrogen-bond donors (Lipinski definition) is 5. The molecule has 0 unspecified atom stereocenters. The van der Waals surface area contributed by atoms with E-state index in [2.05, 4.69) is 10.0 Å². The number of amides is 2. The number of hydrogen-bond acceptors (Lipinski definition) is 7. The lowest BCUT2D eigenvalue weighted by Crippen LogP contribution is -2.27. The van der Waals surface area contributed by atoms with Crippen LogP contribution in [0.3, 0.4) is 0 Å². The van der Waals surface area contributed by atoms with E-state index in [1.165, 1.54) is 12.1 Å². The van der Waals surface area contributed by atoms with Crippen LogP contribution >= 0.6 is 23.7 Å². The van der Waals surface area contributed by atoms with Crippen molar-refractivity contribution in [1.82, 2.24) is 4.72 Å². The van der Waals surface area contributed by atoms with Crippen molar-refractivity contribution in [3.05, 3.63) is 72.3 Å². The number of carbonyl (C=O) groups excluding carboxylic acids is 2. The van der Waals surface area contributed by atoms with Crippen LogP contribution in [0.15, 0.2) is 76.5 Å². The van der Waals surface area contributed by atoms with E-state index in [0.29, 0.717) is 0 Å². The van der Waals surface area contributed by atoms with Gasteiger partial charge in [0.25, 0.3) is 5.91 Å². The van der Waals surface area contributed by atoms with Crippen LogP contribution in [-0.2, 0) is 4.79 Å². The second-order valence-electron chi connectivity index (χ2n) is 8.24. The van der Waals surface area contributed by atoms with Gasteiger partial charge in [-0.15, -0.1) is 0 Å². The van der Waals surface area contributed by atoms with Crippen molar-refractivity contribution in [2.24, 2.45) is 5.41 Å². The fourth-order valence-electron chi connectivity index (χ4n) is 2.46. The fourth-order valence-corrected chi connectivity index (χ4v) is 3.57. The molecule has 0 aliphatic carbocycles. The van der Waals surface area contributed by atoms with Gasteiger partial charge in [-0.1, -0.05) is 44.5 Å². The molecule has 0 saturated heterocycles. The van der Waals surface area contributed by atoms with Gasteiger partial charge in [0.05, 0.1) is 5.56 Å². The zero-order chi connectivity index (χ0) is 25.3. The maximum atomic E-state index is 11.9. The Morgan fingerprint density at radius 2 is 1.44 bits per heavy atom. The quantitative estimate of drug-likeness (QED) is 0.231. The highest BCUT2D eigenvalue weighted by Crippen LogP contribution is 2.29. The van der Waals surface area contributed by atoms with Gasteiger partial charge in [-0.3, -0.25) is 14.3 Å². The Morgan fingerprint density at radius 3 is 1.94 bits per heavy atom. The van der Waals surface area contributed by atoms with Crippen LogP contribution in [0.4, 0.5) is 11.4 Å². The highest BCUT2D eigenvalue weighted by molar-refractivity contribution is 7.99. The molecule has 0 atom stereocenters. The van der Waals surface area contributed by atoms with Crippen LogP contribution in [0.2, 0.25) is 0 Å². The molecule has 0 radical (unpaired) electrons. The van der Waals surface area contributed by atoms with Crippen molar-refractivity contribution in [1.29, 1.82) is 0 Å². The predicted octanol–water partition coefficient (Wildman–Crippen LogP) is 5.51. The second kappa shape index (κ2) is 12.2. The molecule has 0 fully saturated rings. The summed E-state index contributed by atoms with van der Waals surface area (Å²) >= 11 is 2.81. The normalized spacial score (nSPS) is 10.6. The van der Waals surface area contributed by atoms with E-state index in [1.54, 1.807) is 18.0 Å².